The molecule has 0 saturated heterocycles. The number of ether oxygens (including phenoxy) is 1. The van der Waals surface area contributed by atoms with E-state index in [4.69, 9.17) is 4.74 Å². The second kappa shape index (κ2) is 11.2. The van der Waals surface area contributed by atoms with Gasteiger partial charge in [-0.2, -0.15) is 4.31 Å². The average Bonchev–Trinajstić information content (AvgIpc) is 2.80. The van der Waals surface area contributed by atoms with Gasteiger partial charge in [-0.25, -0.2) is 8.42 Å². The summed E-state index contributed by atoms with van der Waals surface area (Å²) in [6.45, 7) is 0.285. The minimum atomic E-state index is -3.62. The molecule has 0 aliphatic heterocycles. The molecule has 0 radical (unpaired) electrons. The third kappa shape index (κ3) is 6.59. The number of sulfonamides is 1. The molecule has 0 aromatic heterocycles. The van der Waals surface area contributed by atoms with Gasteiger partial charge in [-0.15, -0.1) is 11.8 Å². The van der Waals surface area contributed by atoms with Crippen LogP contribution in [0.2, 0.25) is 0 Å². The van der Waals surface area contributed by atoms with Crippen molar-refractivity contribution >= 4 is 33.4 Å². The van der Waals surface area contributed by atoms with E-state index in [2.05, 4.69) is 5.32 Å². The molecule has 168 valence electrons. The van der Waals surface area contributed by atoms with Gasteiger partial charge in [-0.05, 0) is 54.1 Å². The number of carbonyl (C=O) groups is 1. The molecule has 8 heteroatoms. The van der Waals surface area contributed by atoms with Crippen molar-refractivity contribution in [2.45, 2.75) is 22.8 Å². The molecular weight excluding hydrogens is 444 g/mol. The van der Waals surface area contributed by atoms with Gasteiger partial charge in [-0.1, -0.05) is 30.3 Å². The number of hydrogen-bond acceptors (Lipinski definition) is 5. The Kier molecular flexibility index (Phi) is 8.33. The Bertz CT molecular complexity index is 1120. The van der Waals surface area contributed by atoms with Crippen molar-refractivity contribution in [1.82, 2.24) is 4.31 Å². The smallest absolute Gasteiger partial charge is 0.243 e. The van der Waals surface area contributed by atoms with Crippen LogP contribution in [0.5, 0.6) is 5.75 Å². The highest BCUT2D eigenvalue weighted by atomic mass is 32.2. The standard InChI is InChI=1S/C24H26N2O4S2/c1-26(18-19-6-4-3-5-7-19)32(28,29)23-14-8-20(9-15-23)25-24(27)16-17-31-22-12-10-21(30-2)11-13-22/h3-15H,16-18H2,1-2H3,(H,25,27). The number of rotatable bonds is 10. The molecular formula is C24H26N2O4S2. The number of nitrogens with one attached hydrogen (secondary N) is 1. The number of carbonyl (C=O) groups excluding carboxylic acids is 1. The molecule has 0 heterocycles. The highest BCUT2D eigenvalue weighted by Gasteiger charge is 2.20. The summed E-state index contributed by atoms with van der Waals surface area (Å²) in [6.07, 6.45) is 0.344. The Hall–Kier alpha value is -2.81. The summed E-state index contributed by atoms with van der Waals surface area (Å²) in [7, 11) is -0.447. The number of benzene rings is 3. The molecule has 3 aromatic rings. The van der Waals surface area contributed by atoms with E-state index in [1.807, 2.05) is 54.6 Å². The number of nitrogens with zero attached hydrogens (tertiary/aromatic N) is 1. The monoisotopic (exact) mass is 470 g/mol. The predicted molar refractivity (Wildman–Crippen MR) is 129 cm³/mol. The van der Waals surface area contributed by atoms with E-state index in [0.717, 1.165) is 16.2 Å². The lowest BCUT2D eigenvalue weighted by molar-refractivity contribution is -0.115. The third-order valence-electron chi connectivity index (χ3n) is 4.75. The van der Waals surface area contributed by atoms with Crippen LogP contribution >= 0.6 is 11.8 Å². The zero-order chi connectivity index (χ0) is 23.0. The topological polar surface area (TPSA) is 75.7 Å². The summed E-state index contributed by atoms with van der Waals surface area (Å²) in [5.74, 6) is 1.31. The van der Waals surface area contributed by atoms with Crippen LogP contribution in [-0.2, 0) is 21.4 Å². The van der Waals surface area contributed by atoms with Gasteiger partial charge in [0.25, 0.3) is 0 Å². The second-order valence-electron chi connectivity index (χ2n) is 7.09. The van der Waals surface area contributed by atoms with E-state index in [-0.39, 0.29) is 17.3 Å². The lowest BCUT2D eigenvalue weighted by Gasteiger charge is -2.17. The predicted octanol–water partition coefficient (Wildman–Crippen LogP) is 4.64. The van der Waals surface area contributed by atoms with Gasteiger partial charge in [0.05, 0.1) is 12.0 Å². The Morgan fingerprint density at radius 3 is 2.25 bits per heavy atom. The fourth-order valence-corrected chi connectivity index (χ4v) is 4.98. The van der Waals surface area contributed by atoms with Crippen molar-refractivity contribution in [2.75, 3.05) is 25.2 Å². The van der Waals surface area contributed by atoms with Crippen molar-refractivity contribution in [3.63, 3.8) is 0 Å². The maximum absolute atomic E-state index is 12.8. The highest BCUT2D eigenvalue weighted by Crippen LogP contribution is 2.23. The molecule has 3 aromatic carbocycles. The molecule has 0 spiro atoms. The van der Waals surface area contributed by atoms with E-state index in [1.165, 1.54) is 16.4 Å². The van der Waals surface area contributed by atoms with Crippen molar-refractivity contribution < 1.29 is 17.9 Å². The quantitative estimate of drug-likeness (QED) is 0.437. The summed E-state index contributed by atoms with van der Waals surface area (Å²) < 4.78 is 32.1. The van der Waals surface area contributed by atoms with E-state index in [0.29, 0.717) is 17.9 Å². The molecule has 1 N–H and O–H groups in total. The van der Waals surface area contributed by atoms with Crippen LogP contribution in [-0.4, -0.2) is 38.5 Å². The van der Waals surface area contributed by atoms with Gasteiger partial charge in [0.1, 0.15) is 5.75 Å². The summed E-state index contributed by atoms with van der Waals surface area (Å²) in [4.78, 5) is 13.5. The van der Waals surface area contributed by atoms with Crippen molar-refractivity contribution in [1.29, 1.82) is 0 Å². The molecule has 0 fully saturated rings. The molecule has 6 nitrogen and oxygen atoms in total. The molecule has 0 bridgehead atoms. The summed E-state index contributed by atoms with van der Waals surface area (Å²) in [6, 6.07) is 23.3. The zero-order valence-corrected chi connectivity index (χ0v) is 19.7. The number of thioether (sulfide) groups is 1. The first kappa shape index (κ1) is 23.8. The van der Waals surface area contributed by atoms with Gasteiger partial charge in [0, 0.05) is 36.3 Å². The van der Waals surface area contributed by atoms with Crippen LogP contribution in [0.4, 0.5) is 5.69 Å². The van der Waals surface area contributed by atoms with Crippen LogP contribution in [0.1, 0.15) is 12.0 Å². The third-order valence-corrected chi connectivity index (χ3v) is 7.58. The van der Waals surface area contributed by atoms with Gasteiger partial charge in [0.15, 0.2) is 0 Å². The van der Waals surface area contributed by atoms with Crippen LogP contribution in [0, 0.1) is 0 Å². The lowest BCUT2D eigenvalue weighted by atomic mass is 10.2. The average molecular weight is 471 g/mol. The molecule has 0 aliphatic carbocycles. The molecule has 1 amide bonds. The summed E-state index contributed by atoms with van der Waals surface area (Å²) in [5, 5.41) is 2.81. The Labute approximate surface area is 193 Å². The largest absolute Gasteiger partial charge is 0.497 e. The maximum atomic E-state index is 12.8. The van der Waals surface area contributed by atoms with Crippen molar-refractivity contribution in [3.05, 3.63) is 84.4 Å². The van der Waals surface area contributed by atoms with Crippen LogP contribution < -0.4 is 10.1 Å². The molecule has 0 aliphatic rings. The maximum Gasteiger partial charge on any atom is 0.243 e. The fraction of sp³-hybridized carbons (Fsp3) is 0.208. The van der Waals surface area contributed by atoms with E-state index < -0.39 is 10.0 Å². The highest BCUT2D eigenvalue weighted by molar-refractivity contribution is 7.99. The minimum absolute atomic E-state index is 0.122. The van der Waals surface area contributed by atoms with Gasteiger partial charge in [-0.3, -0.25) is 4.79 Å². The van der Waals surface area contributed by atoms with Gasteiger partial charge >= 0.3 is 0 Å². The van der Waals surface area contributed by atoms with Crippen LogP contribution in [0.15, 0.2) is 88.7 Å². The first-order chi connectivity index (χ1) is 15.4. The van der Waals surface area contributed by atoms with E-state index >= 15 is 0 Å². The first-order valence-corrected chi connectivity index (χ1v) is 12.5. The summed E-state index contributed by atoms with van der Waals surface area (Å²) in [5.41, 5.74) is 1.48. The number of methoxy groups -OCH3 is 1. The minimum Gasteiger partial charge on any atom is -0.497 e. The Morgan fingerprint density at radius 1 is 0.969 bits per heavy atom. The Morgan fingerprint density at radius 2 is 1.62 bits per heavy atom. The molecule has 0 atom stereocenters. The van der Waals surface area contributed by atoms with E-state index in [9.17, 15) is 13.2 Å². The van der Waals surface area contributed by atoms with Crippen molar-refractivity contribution in [2.24, 2.45) is 0 Å². The summed E-state index contributed by atoms with van der Waals surface area (Å²) >= 11 is 1.59. The van der Waals surface area contributed by atoms with E-state index in [1.54, 1.807) is 38.1 Å². The fourth-order valence-electron chi connectivity index (χ4n) is 2.97. The Balaban J connectivity index is 1.51. The number of amides is 1. The second-order valence-corrected chi connectivity index (χ2v) is 10.3. The normalized spacial score (nSPS) is 11.3. The van der Waals surface area contributed by atoms with Crippen molar-refractivity contribution in [3.8, 4) is 5.75 Å². The molecule has 0 saturated carbocycles. The number of hydrogen-bond donors (Lipinski definition) is 1. The zero-order valence-electron chi connectivity index (χ0n) is 18.0. The van der Waals surface area contributed by atoms with Gasteiger partial charge < -0.3 is 10.1 Å². The lowest BCUT2D eigenvalue weighted by Crippen LogP contribution is -2.26. The molecule has 32 heavy (non-hydrogen) atoms. The SMILES string of the molecule is COc1ccc(SCCC(=O)Nc2ccc(S(=O)(=O)N(C)Cc3ccccc3)cc2)cc1. The molecule has 3 rings (SSSR count). The van der Waals surface area contributed by atoms with Crippen LogP contribution in [0.25, 0.3) is 0 Å². The number of anilines is 1. The first-order valence-electron chi connectivity index (χ1n) is 10.1. The molecule has 0 unspecified atom stereocenters. The van der Waals surface area contributed by atoms with Crippen LogP contribution in [0.3, 0.4) is 0 Å². The van der Waals surface area contributed by atoms with Gasteiger partial charge in [0.2, 0.25) is 15.9 Å².